The van der Waals surface area contributed by atoms with Gasteiger partial charge in [-0.2, -0.15) is 0 Å². The van der Waals surface area contributed by atoms with Gasteiger partial charge < -0.3 is 9.84 Å². The summed E-state index contributed by atoms with van der Waals surface area (Å²) in [5.74, 6) is -0.314. The molecule has 0 saturated heterocycles. The molecule has 0 amide bonds. The molecular formula is C27H28N2O4. The number of fused-ring (bicyclic) bond motifs is 1. The maximum Gasteiger partial charge on any atom is 0.341 e. The van der Waals surface area contributed by atoms with Crippen LogP contribution in [0.4, 0.5) is 5.69 Å². The summed E-state index contributed by atoms with van der Waals surface area (Å²) in [4.78, 5) is 21.2. The lowest BCUT2D eigenvalue weighted by Gasteiger charge is -2.31. The first-order valence-electron chi connectivity index (χ1n) is 11.1. The molecule has 2 aromatic carbocycles. The van der Waals surface area contributed by atoms with E-state index < -0.39 is 5.97 Å². The van der Waals surface area contributed by atoms with Crippen LogP contribution in [0.15, 0.2) is 78.6 Å². The fraction of sp³-hybridized carbons (Fsp3) is 0.259. The molecule has 0 radical (unpaired) electrons. The molecule has 1 N–H and O–H groups in total. The summed E-state index contributed by atoms with van der Waals surface area (Å²) < 4.78 is 5.49. The fourth-order valence-electron chi connectivity index (χ4n) is 4.12. The van der Waals surface area contributed by atoms with E-state index in [-0.39, 0.29) is 12.6 Å². The molecule has 0 fully saturated rings. The van der Waals surface area contributed by atoms with Crippen molar-refractivity contribution >= 4 is 17.7 Å². The number of aliphatic carboxylic acids is 1. The largest absolute Gasteiger partial charge is 0.482 e. The molecule has 33 heavy (non-hydrogen) atoms. The van der Waals surface area contributed by atoms with Crippen molar-refractivity contribution in [3.05, 3.63) is 95.3 Å². The molecule has 1 aliphatic carbocycles. The van der Waals surface area contributed by atoms with E-state index in [9.17, 15) is 4.79 Å². The second kappa shape index (κ2) is 10.8. The van der Waals surface area contributed by atoms with Crippen LogP contribution in [0.25, 0.3) is 6.08 Å². The van der Waals surface area contributed by atoms with Crippen LogP contribution in [0, 0.1) is 0 Å². The van der Waals surface area contributed by atoms with Crippen molar-refractivity contribution in [2.45, 2.75) is 38.8 Å². The Bertz CT molecular complexity index is 1100. The number of carbonyl (C=O) groups is 1. The molecule has 1 atom stereocenters. The number of aromatic nitrogens is 1. The molecule has 0 bridgehead atoms. The van der Waals surface area contributed by atoms with Gasteiger partial charge in [-0.1, -0.05) is 42.0 Å². The number of hydroxylamine groups is 1. The first-order valence-corrected chi connectivity index (χ1v) is 11.1. The quantitative estimate of drug-likeness (QED) is 0.428. The van der Waals surface area contributed by atoms with E-state index in [0.717, 1.165) is 41.6 Å². The van der Waals surface area contributed by atoms with Crippen LogP contribution in [0.3, 0.4) is 0 Å². The van der Waals surface area contributed by atoms with E-state index in [2.05, 4.69) is 36.2 Å². The van der Waals surface area contributed by atoms with E-state index in [1.807, 2.05) is 47.5 Å². The standard InChI is InChI=1S/C27H28N2O4/c1-20(29(24-7-3-2-4-8-24)33-18-21-12-14-28-15-13-21)16-22-10-11-25-23(17-22)6-5-9-26(25)32-19-27(30)31/h2-9,12-15,17,20H,10-11,16,18-19H2,1H3,(H,30,31). The van der Waals surface area contributed by atoms with Gasteiger partial charge in [0.25, 0.3) is 0 Å². The van der Waals surface area contributed by atoms with Crippen molar-refractivity contribution in [1.82, 2.24) is 4.98 Å². The second-order valence-electron chi connectivity index (χ2n) is 8.15. The normalized spacial score (nSPS) is 13.5. The topological polar surface area (TPSA) is 71.9 Å². The molecule has 1 aromatic heterocycles. The van der Waals surface area contributed by atoms with Gasteiger partial charge >= 0.3 is 5.97 Å². The monoisotopic (exact) mass is 444 g/mol. The molecule has 6 nitrogen and oxygen atoms in total. The molecular weight excluding hydrogens is 416 g/mol. The smallest absolute Gasteiger partial charge is 0.341 e. The van der Waals surface area contributed by atoms with Crippen molar-refractivity contribution in [2.75, 3.05) is 11.7 Å². The number of anilines is 1. The van der Waals surface area contributed by atoms with Crippen molar-refractivity contribution in [1.29, 1.82) is 0 Å². The molecule has 1 aliphatic rings. The van der Waals surface area contributed by atoms with Crippen LogP contribution in [0.2, 0.25) is 0 Å². The van der Waals surface area contributed by atoms with E-state index >= 15 is 0 Å². The van der Waals surface area contributed by atoms with Gasteiger partial charge in [0.1, 0.15) is 12.4 Å². The minimum absolute atomic E-state index is 0.119. The minimum atomic E-state index is -0.971. The Labute approximate surface area is 194 Å². The Hall–Kier alpha value is -3.64. The third kappa shape index (κ3) is 5.99. The molecule has 0 aliphatic heterocycles. The van der Waals surface area contributed by atoms with Gasteiger partial charge in [0.05, 0.1) is 11.7 Å². The van der Waals surface area contributed by atoms with Crippen LogP contribution in [-0.2, 0) is 22.7 Å². The van der Waals surface area contributed by atoms with Gasteiger partial charge in [-0.15, -0.1) is 0 Å². The summed E-state index contributed by atoms with van der Waals surface area (Å²) in [7, 11) is 0. The summed E-state index contributed by atoms with van der Waals surface area (Å²) in [5.41, 5.74) is 5.58. The second-order valence-corrected chi connectivity index (χ2v) is 8.15. The highest BCUT2D eigenvalue weighted by molar-refractivity contribution is 5.69. The third-order valence-electron chi connectivity index (χ3n) is 5.66. The summed E-state index contributed by atoms with van der Waals surface area (Å²) >= 11 is 0. The van der Waals surface area contributed by atoms with E-state index in [0.29, 0.717) is 12.4 Å². The predicted octanol–water partition coefficient (Wildman–Crippen LogP) is 5.29. The highest BCUT2D eigenvalue weighted by atomic mass is 16.7. The number of pyridine rings is 1. The number of hydrogen-bond acceptors (Lipinski definition) is 5. The van der Waals surface area contributed by atoms with Gasteiger partial charge in [0.2, 0.25) is 0 Å². The molecule has 0 spiro atoms. The Morgan fingerprint density at radius 3 is 2.61 bits per heavy atom. The molecule has 1 heterocycles. The maximum absolute atomic E-state index is 10.9. The van der Waals surface area contributed by atoms with Gasteiger partial charge in [-0.3, -0.25) is 14.9 Å². The summed E-state index contributed by atoms with van der Waals surface area (Å²) in [6, 6.07) is 20.0. The molecule has 6 heteroatoms. The zero-order chi connectivity index (χ0) is 23.0. The lowest BCUT2D eigenvalue weighted by atomic mass is 9.88. The Kier molecular flexibility index (Phi) is 7.37. The lowest BCUT2D eigenvalue weighted by molar-refractivity contribution is -0.139. The van der Waals surface area contributed by atoms with E-state index in [1.54, 1.807) is 12.4 Å². The number of carboxylic acids is 1. The number of ether oxygens (including phenoxy) is 1. The number of nitrogens with zero attached hydrogens (tertiary/aromatic N) is 2. The van der Waals surface area contributed by atoms with Crippen LogP contribution < -0.4 is 9.80 Å². The average Bonchev–Trinajstić information content (AvgIpc) is 2.84. The molecule has 0 saturated carbocycles. The van der Waals surface area contributed by atoms with Crippen LogP contribution in [0.5, 0.6) is 5.75 Å². The van der Waals surface area contributed by atoms with Crippen LogP contribution >= 0.6 is 0 Å². The summed E-state index contributed by atoms with van der Waals surface area (Å²) in [6.45, 7) is 2.31. The number of para-hydroxylation sites is 1. The van der Waals surface area contributed by atoms with Gasteiger partial charge in [0, 0.05) is 18.0 Å². The first-order chi connectivity index (χ1) is 16.1. The lowest BCUT2D eigenvalue weighted by Crippen LogP contribution is -2.33. The van der Waals surface area contributed by atoms with Gasteiger partial charge in [0.15, 0.2) is 6.61 Å². The van der Waals surface area contributed by atoms with Gasteiger partial charge in [-0.25, -0.2) is 4.79 Å². The molecule has 4 rings (SSSR count). The van der Waals surface area contributed by atoms with Crippen molar-refractivity contribution in [2.24, 2.45) is 0 Å². The highest BCUT2D eigenvalue weighted by Gasteiger charge is 2.21. The Morgan fingerprint density at radius 1 is 1.06 bits per heavy atom. The molecule has 170 valence electrons. The maximum atomic E-state index is 10.9. The van der Waals surface area contributed by atoms with Crippen LogP contribution in [-0.4, -0.2) is 28.7 Å². The fourth-order valence-corrected chi connectivity index (χ4v) is 4.12. The zero-order valence-corrected chi connectivity index (χ0v) is 18.7. The first kappa shape index (κ1) is 22.6. The van der Waals surface area contributed by atoms with Crippen molar-refractivity contribution in [3.8, 4) is 5.75 Å². The highest BCUT2D eigenvalue weighted by Crippen LogP contribution is 2.34. The zero-order valence-electron chi connectivity index (χ0n) is 18.7. The molecule has 1 unspecified atom stereocenters. The summed E-state index contributed by atoms with van der Waals surface area (Å²) in [5, 5.41) is 10.9. The molecule has 3 aromatic rings. The van der Waals surface area contributed by atoms with Crippen molar-refractivity contribution < 1.29 is 19.5 Å². The van der Waals surface area contributed by atoms with Gasteiger partial charge in [-0.05, 0) is 67.6 Å². The summed E-state index contributed by atoms with van der Waals surface area (Å²) in [6.07, 6.45) is 8.33. The average molecular weight is 445 g/mol. The minimum Gasteiger partial charge on any atom is -0.482 e. The van der Waals surface area contributed by atoms with Crippen molar-refractivity contribution in [3.63, 3.8) is 0 Å². The Morgan fingerprint density at radius 2 is 1.85 bits per heavy atom. The number of rotatable bonds is 10. The number of hydrogen-bond donors (Lipinski definition) is 1. The number of carboxylic acid groups (broad SMARTS) is 1. The predicted molar refractivity (Wildman–Crippen MR) is 128 cm³/mol. The van der Waals surface area contributed by atoms with Crippen LogP contribution in [0.1, 0.15) is 36.5 Å². The van der Waals surface area contributed by atoms with E-state index in [4.69, 9.17) is 14.7 Å². The Balaban J connectivity index is 1.49. The third-order valence-corrected chi connectivity index (χ3v) is 5.66. The van der Waals surface area contributed by atoms with E-state index in [1.165, 1.54) is 5.57 Å². The SMILES string of the molecule is CC(CC1=Cc2cccc(OCC(=O)O)c2CC1)N(OCc1ccncc1)c1ccccc1. The number of benzene rings is 2.